The summed E-state index contributed by atoms with van der Waals surface area (Å²) in [7, 11) is 0. The van der Waals surface area contributed by atoms with Crippen molar-refractivity contribution in [2.45, 2.75) is 64.6 Å². The van der Waals surface area contributed by atoms with E-state index in [4.69, 9.17) is 4.74 Å². The molecule has 0 aliphatic carbocycles. The lowest BCUT2D eigenvalue weighted by Crippen LogP contribution is -2.46. The lowest BCUT2D eigenvalue weighted by Gasteiger charge is -2.30. The molecule has 0 aromatic heterocycles. The molecule has 2 bridgehead atoms. The number of carbonyl (C=O) groups excluding carboxylic acids is 1. The predicted molar refractivity (Wildman–Crippen MR) is 78.9 cm³/mol. The Balaban J connectivity index is 2.08. The zero-order valence-electron chi connectivity index (χ0n) is 13.1. The molecule has 2 heterocycles. The van der Waals surface area contributed by atoms with Crippen molar-refractivity contribution in [2.24, 2.45) is 11.8 Å². The highest BCUT2D eigenvalue weighted by Crippen LogP contribution is 2.44. The third-order valence-corrected chi connectivity index (χ3v) is 4.72. The number of fused-ring (bicyclic) bond motifs is 2. The average molecular weight is 297 g/mol. The van der Waals surface area contributed by atoms with Gasteiger partial charge in [0.1, 0.15) is 0 Å². The van der Waals surface area contributed by atoms with Crippen molar-refractivity contribution in [1.29, 1.82) is 0 Å². The number of carboxylic acid groups (broad SMARTS) is 1. The lowest BCUT2D eigenvalue weighted by molar-refractivity contribution is -0.151. The maximum atomic E-state index is 12.8. The van der Waals surface area contributed by atoms with Crippen LogP contribution in [-0.4, -0.2) is 47.2 Å². The Labute approximate surface area is 126 Å². The number of carboxylic acids is 1. The Kier molecular flexibility index (Phi) is 5.62. The Bertz CT molecular complexity index is 376. The van der Waals surface area contributed by atoms with E-state index in [2.05, 4.69) is 13.8 Å². The van der Waals surface area contributed by atoms with Crippen molar-refractivity contribution in [3.05, 3.63) is 0 Å². The van der Waals surface area contributed by atoms with Crippen molar-refractivity contribution in [3.8, 4) is 0 Å². The fourth-order valence-corrected chi connectivity index (χ4v) is 3.55. The van der Waals surface area contributed by atoms with Gasteiger partial charge in [-0.25, -0.2) is 0 Å². The van der Waals surface area contributed by atoms with Crippen LogP contribution in [0.2, 0.25) is 0 Å². The number of carbonyl (C=O) groups is 2. The second-order valence-electron chi connectivity index (χ2n) is 6.21. The van der Waals surface area contributed by atoms with Crippen molar-refractivity contribution in [1.82, 2.24) is 4.90 Å². The van der Waals surface area contributed by atoms with Crippen LogP contribution >= 0.6 is 0 Å². The van der Waals surface area contributed by atoms with Gasteiger partial charge in [-0.1, -0.05) is 26.7 Å². The molecule has 2 aliphatic rings. The summed E-state index contributed by atoms with van der Waals surface area (Å²) in [4.78, 5) is 26.2. The normalized spacial score (nSPS) is 30.6. The monoisotopic (exact) mass is 297 g/mol. The predicted octanol–water partition coefficient (Wildman–Crippen LogP) is 2.29. The third kappa shape index (κ3) is 3.39. The Hall–Kier alpha value is -1.10. The largest absolute Gasteiger partial charge is 0.481 e. The van der Waals surface area contributed by atoms with Crippen LogP contribution in [0.1, 0.15) is 52.4 Å². The van der Waals surface area contributed by atoms with Crippen molar-refractivity contribution in [3.63, 3.8) is 0 Å². The lowest BCUT2D eigenvalue weighted by atomic mass is 9.78. The molecule has 5 heteroatoms. The molecule has 2 aliphatic heterocycles. The molecule has 4 atom stereocenters. The zero-order chi connectivity index (χ0) is 15.4. The minimum atomic E-state index is -0.883. The number of unbranched alkanes of at least 4 members (excludes halogenated alkanes) is 2. The quantitative estimate of drug-likeness (QED) is 0.746. The summed E-state index contributed by atoms with van der Waals surface area (Å²) in [6.07, 6.45) is 5.14. The van der Waals surface area contributed by atoms with Crippen molar-refractivity contribution in [2.75, 3.05) is 13.1 Å². The minimum Gasteiger partial charge on any atom is -0.481 e. The fourth-order valence-electron chi connectivity index (χ4n) is 3.55. The zero-order valence-corrected chi connectivity index (χ0v) is 13.1. The highest BCUT2D eigenvalue weighted by molar-refractivity contribution is 5.86. The van der Waals surface area contributed by atoms with E-state index in [1.807, 2.05) is 4.90 Å². The summed E-state index contributed by atoms with van der Waals surface area (Å²) >= 11 is 0. The SMILES string of the molecule is CCCCN(CCCC)C(=O)[C@@H]1[C@@H](C(=O)O)[C@H]2CC[C@H]1O2. The molecule has 5 nitrogen and oxygen atoms in total. The van der Waals surface area contributed by atoms with Gasteiger partial charge in [-0.15, -0.1) is 0 Å². The van der Waals surface area contributed by atoms with E-state index in [-0.39, 0.29) is 18.1 Å². The molecular weight excluding hydrogens is 270 g/mol. The third-order valence-electron chi connectivity index (χ3n) is 4.72. The van der Waals surface area contributed by atoms with Crippen LogP contribution < -0.4 is 0 Å². The number of aliphatic carboxylic acids is 1. The molecule has 0 aromatic carbocycles. The number of hydrogen-bond acceptors (Lipinski definition) is 3. The van der Waals surface area contributed by atoms with Gasteiger partial charge in [-0.05, 0) is 25.7 Å². The maximum Gasteiger partial charge on any atom is 0.310 e. The van der Waals surface area contributed by atoms with E-state index in [0.29, 0.717) is 0 Å². The highest BCUT2D eigenvalue weighted by atomic mass is 16.5. The molecule has 2 fully saturated rings. The number of rotatable bonds is 8. The highest BCUT2D eigenvalue weighted by Gasteiger charge is 2.56. The van der Waals surface area contributed by atoms with Gasteiger partial charge >= 0.3 is 5.97 Å². The van der Waals surface area contributed by atoms with Gasteiger partial charge in [0.2, 0.25) is 5.91 Å². The second kappa shape index (κ2) is 7.25. The van der Waals surface area contributed by atoms with Crippen molar-refractivity contribution >= 4 is 11.9 Å². The summed E-state index contributed by atoms with van der Waals surface area (Å²) in [5, 5.41) is 9.44. The number of hydrogen-bond donors (Lipinski definition) is 1. The molecule has 0 spiro atoms. The van der Waals surface area contributed by atoms with Crippen molar-refractivity contribution < 1.29 is 19.4 Å². The van der Waals surface area contributed by atoms with Gasteiger partial charge in [-0.2, -0.15) is 0 Å². The molecular formula is C16H27NO4. The molecule has 0 unspecified atom stereocenters. The summed E-state index contributed by atoms with van der Waals surface area (Å²) in [5.74, 6) is -2.01. The standard InChI is InChI=1S/C16H27NO4/c1-3-5-9-17(10-6-4-2)15(18)13-11-7-8-12(21-11)14(13)16(19)20/h11-14H,3-10H2,1-2H3,(H,19,20)/t11-,12-,13+,14+/m1/s1. The Morgan fingerprint density at radius 2 is 1.57 bits per heavy atom. The first kappa shape index (κ1) is 16.3. The van der Waals surface area contributed by atoms with Crippen LogP contribution in [0.5, 0.6) is 0 Å². The molecule has 21 heavy (non-hydrogen) atoms. The van der Waals surface area contributed by atoms with E-state index in [1.165, 1.54) is 0 Å². The van der Waals surface area contributed by atoms with Crippen LogP contribution in [0.15, 0.2) is 0 Å². The van der Waals surface area contributed by atoms with Crippen LogP contribution in [-0.2, 0) is 14.3 Å². The molecule has 2 rings (SSSR count). The summed E-state index contributed by atoms with van der Waals surface area (Å²) in [6, 6.07) is 0. The number of nitrogens with zero attached hydrogens (tertiary/aromatic N) is 1. The van der Waals surface area contributed by atoms with Crippen LogP contribution in [0, 0.1) is 11.8 Å². The maximum absolute atomic E-state index is 12.8. The smallest absolute Gasteiger partial charge is 0.310 e. The van der Waals surface area contributed by atoms with E-state index < -0.39 is 17.8 Å². The van der Waals surface area contributed by atoms with Gasteiger partial charge in [0.15, 0.2) is 0 Å². The summed E-state index contributed by atoms with van der Waals surface area (Å²) in [5.41, 5.74) is 0. The first-order valence-corrected chi connectivity index (χ1v) is 8.27. The van der Waals surface area contributed by atoms with Crippen LogP contribution in [0.3, 0.4) is 0 Å². The molecule has 120 valence electrons. The van der Waals surface area contributed by atoms with E-state index in [1.54, 1.807) is 0 Å². The molecule has 0 saturated carbocycles. The Morgan fingerprint density at radius 1 is 1.05 bits per heavy atom. The first-order valence-electron chi connectivity index (χ1n) is 8.27. The van der Waals surface area contributed by atoms with Gasteiger partial charge in [0.25, 0.3) is 0 Å². The summed E-state index contributed by atoms with van der Waals surface area (Å²) in [6.45, 7) is 5.66. The van der Waals surface area contributed by atoms with Crippen LogP contribution in [0.25, 0.3) is 0 Å². The van der Waals surface area contributed by atoms with Gasteiger partial charge < -0.3 is 14.7 Å². The second-order valence-corrected chi connectivity index (χ2v) is 6.21. The average Bonchev–Trinajstić information content (AvgIpc) is 3.07. The molecule has 2 saturated heterocycles. The topological polar surface area (TPSA) is 66.8 Å². The molecule has 0 radical (unpaired) electrons. The van der Waals surface area contributed by atoms with Gasteiger partial charge in [0, 0.05) is 13.1 Å². The van der Waals surface area contributed by atoms with E-state index >= 15 is 0 Å². The summed E-state index contributed by atoms with van der Waals surface area (Å²) < 4.78 is 5.71. The fraction of sp³-hybridized carbons (Fsp3) is 0.875. The number of amides is 1. The molecule has 1 N–H and O–H groups in total. The number of ether oxygens (including phenoxy) is 1. The minimum absolute atomic E-state index is 0.00324. The van der Waals surface area contributed by atoms with E-state index in [9.17, 15) is 14.7 Å². The first-order chi connectivity index (χ1) is 10.1. The molecule has 0 aromatic rings. The van der Waals surface area contributed by atoms with Gasteiger partial charge in [-0.3, -0.25) is 9.59 Å². The van der Waals surface area contributed by atoms with Gasteiger partial charge in [0.05, 0.1) is 24.0 Å². The van der Waals surface area contributed by atoms with Crippen LogP contribution in [0.4, 0.5) is 0 Å². The Morgan fingerprint density at radius 3 is 2.05 bits per heavy atom. The van der Waals surface area contributed by atoms with E-state index in [0.717, 1.165) is 51.6 Å². The molecule has 1 amide bonds.